The minimum atomic E-state index is -0.780. The first-order valence-corrected chi connectivity index (χ1v) is 13.7. The Balaban J connectivity index is 2.99. The summed E-state index contributed by atoms with van der Waals surface area (Å²) in [5.41, 5.74) is 0.0415. The maximum Gasteiger partial charge on any atom is 0.508 e. The molecule has 1 unspecified atom stereocenters. The number of ether oxygens (including phenoxy) is 5. The van der Waals surface area contributed by atoms with Crippen LogP contribution in [0.25, 0.3) is 0 Å². The number of carbonyl (C=O) groups excluding carboxylic acids is 4. The summed E-state index contributed by atoms with van der Waals surface area (Å²) in [6.07, 6.45) is 0.610. The van der Waals surface area contributed by atoms with E-state index in [4.69, 9.17) is 23.7 Å². The highest BCUT2D eigenvalue weighted by Gasteiger charge is 2.24. The lowest BCUT2D eigenvalue weighted by molar-refractivity contribution is -0.143. The molecular formula is C30H47NO9. The summed E-state index contributed by atoms with van der Waals surface area (Å²) in [7, 11) is 1.28. The Kier molecular flexibility index (Phi) is 14.1. The standard InChI is InChI=1S/C30H47NO9/c1-10-20(2)19-38-28(35)37-14-13-31-22(27(34)36-9)15-21-11-12-23(39-25(32)17-29(3,4)5)24(16-21)40-26(33)18-30(6,7)8/h11-12,16,20,22,31H,10,13-15,17-19H2,1-9H3/t20?,22-/m0/s1. The van der Waals surface area contributed by atoms with Crippen LogP contribution in [0.1, 0.15) is 80.2 Å². The second kappa shape index (κ2) is 16.2. The first kappa shape index (κ1) is 34.9. The van der Waals surface area contributed by atoms with Crippen molar-refractivity contribution in [2.24, 2.45) is 16.7 Å². The number of esters is 3. The Morgan fingerprint density at radius 1 is 0.875 bits per heavy atom. The molecule has 10 nitrogen and oxygen atoms in total. The van der Waals surface area contributed by atoms with Crippen molar-refractivity contribution in [3.8, 4) is 11.5 Å². The summed E-state index contributed by atoms with van der Waals surface area (Å²) < 4.78 is 26.2. The minimum Gasteiger partial charge on any atom is -0.468 e. The maximum atomic E-state index is 12.6. The normalized spacial score (nSPS) is 13.1. The van der Waals surface area contributed by atoms with Gasteiger partial charge < -0.3 is 29.0 Å². The van der Waals surface area contributed by atoms with E-state index >= 15 is 0 Å². The SMILES string of the molecule is CCC(C)COC(=O)OCCN[C@@H](Cc1ccc(OC(=O)CC(C)(C)C)c(OC(=O)CC(C)(C)C)c1)C(=O)OC. The summed E-state index contributed by atoms with van der Waals surface area (Å²) in [4.78, 5) is 49.3. The van der Waals surface area contributed by atoms with Gasteiger partial charge in [0.1, 0.15) is 12.6 Å². The Labute approximate surface area is 238 Å². The molecule has 0 aliphatic rings. The molecule has 0 aromatic heterocycles. The smallest absolute Gasteiger partial charge is 0.468 e. The number of benzene rings is 1. The van der Waals surface area contributed by atoms with Crippen molar-refractivity contribution in [1.82, 2.24) is 5.32 Å². The van der Waals surface area contributed by atoms with Crippen LogP contribution in [0.3, 0.4) is 0 Å². The van der Waals surface area contributed by atoms with E-state index in [1.807, 2.05) is 55.4 Å². The average molecular weight is 566 g/mol. The second-order valence-corrected chi connectivity index (χ2v) is 12.4. The molecule has 1 aromatic carbocycles. The molecule has 1 aromatic rings. The Morgan fingerprint density at radius 2 is 1.45 bits per heavy atom. The van der Waals surface area contributed by atoms with Crippen molar-refractivity contribution in [2.75, 3.05) is 26.9 Å². The van der Waals surface area contributed by atoms with Gasteiger partial charge in [-0.1, -0.05) is 67.9 Å². The largest absolute Gasteiger partial charge is 0.508 e. The predicted octanol–water partition coefficient (Wildman–Crippen LogP) is 5.24. The molecule has 226 valence electrons. The Bertz CT molecular complexity index is 992. The van der Waals surface area contributed by atoms with Crippen LogP contribution in [0.2, 0.25) is 0 Å². The first-order valence-electron chi connectivity index (χ1n) is 13.7. The number of hydrogen-bond acceptors (Lipinski definition) is 10. The van der Waals surface area contributed by atoms with Gasteiger partial charge in [0, 0.05) is 6.54 Å². The fraction of sp³-hybridized carbons (Fsp3) is 0.667. The van der Waals surface area contributed by atoms with Crippen LogP contribution < -0.4 is 14.8 Å². The monoisotopic (exact) mass is 565 g/mol. The molecule has 1 N–H and O–H groups in total. The molecule has 0 saturated carbocycles. The Hall–Kier alpha value is -3.14. The molecule has 10 heteroatoms. The third-order valence-electron chi connectivity index (χ3n) is 5.63. The summed E-state index contributed by atoms with van der Waals surface area (Å²) in [5.74, 6) is -1.01. The molecule has 0 aliphatic heterocycles. The summed E-state index contributed by atoms with van der Waals surface area (Å²) in [6.45, 7) is 15.9. The van der Waals surface area contributed by atoms with E-state index in [2.05, 4.69) is 5.32 Å². The lowest BCUT2D eigenvalue weighted by Gasteiger charge is -2.20. The molecule has 2 atom stereocenters. The van der Waals surface area contributed by atoms with E-state index in [-0.39, 0.29) is 67.3 Å². The summed E-state index contributed by atoms with van der Waals surface area (Å²) in [6, 6.07) is 4.01. The summed E-state index contributed by atoms with van der Waals surface area (Å²) >= 11 is 0. The maximum absolute atomic E-state index is 12.6. The number of nitrogens with one attached hydrogen (secondary N) is 1. The molecule has 1 rings (SSSR count). The van der Waals surface area contributed by atoms with Gasteiger partial charge in [0.25, 0.3) is 0 Å². The third kappa shape index (κ3) is 14.9. The third-order valence-corrected chi connectivity index (χ3v) is 5.63. The fourth-order valence-corrected chi connectivity index (χ4v) is 3.38. The van der Waals surface area contributed by atoms with Gasteiger partial charge in [-0.25, -0.2) is 4.79 Å². The van der Waals surface area contributed by atoms with E-state index in [0.29, 0.717) is 5.56 Å². The molecule has 0 fully saturated rings. The molecule has 0 amide bonds. The van der Waals surface area contributed by atoms with E-state index in [9.17, 15) is 19.2 Å². The zero-order valence-corrected chi connectivity index (χ0v) is 25.5. The number of methoxy groups -OCH3 is 1. The van der Waals surface area contributed by atoms with Crippen LogP contribution in [0.15, 0.2) is 18.2 Å². The lowest BCUT2D eigenvalue weighted by Crippen LogP contribution is -2.41. The van der Waals surface area contributed by atoms with Gasteiger partial charge in [-0.2, -0.15) is 0 Å². The quantitative estimate of drug-likeness (QED) is 0.182. The minimum absolute atomic E-state index is 0.00876. The van der Waals surface area contributed by atoms with Crippen LogP contribution in [0.5, 0.6) is 11.5 Å². The highest BCUT2D eigenvalue weighted by atomic mass is 16.7. The fourth-order valence-electron chi connectivity index (χ4n) is 3.38. The van der Waals surface area contributed by atoms with E-state index in [1.54, 1.807) is 18.2 Å². The van der Waals surface area contributed by atoms with E-state index in [0.717, 1.165) is 6.42 Å². The zero-order valence-electron chi connectivity index (χ0n) is 25.5. The Morgan fingerprint density at radius 3 is 1.98 bits per heavy atom. The van der Waals surface area contributed by atoms with Crippen molar-refractivity contribution in [3.63, 3.8) is 0 Å². The van der Waals surface area contributed by atoms with Crippen LogP contribution in [0.4, 0.5) is 4.79 Å². The van der Waals surface area contributed by atoms with Crippen LogP contribution in [-0.4, -0.2) is 57.0 Å². The van der Waals surface area contributed by atoms with Crippen LogP contribution in [0, 0.1) is 16.7 Å². The predicted molar refractivity (Wildman–Crippen MR) is 150 cm³/mol. The molecule has 0 aliphatic carbocycles. The molecule has 0 spiro atoms. The van der Waals surface area contributed by atoms with Gasteiger partial charge >= 0.3 is 24.1 Å². The molecule has 0 bridgehead atoms. The van der Waals surface area contributed by atoms with Crippen molar-refractivity contribution >= 4 is 24.1 Å². The molecule has 0 heterocycles. The zero-order chi connectivity index (χ0) is 30.5. The van der Waals surface area contributed by atoms with Crippen molar-refractivity contribution in [3.05, 3.63) is 23.8 Å². The second-order valence-electron chi connectivity index (χ2n) is 12.4. The van der Waals surface area contributed by atoms with Gasteiger partial charge in [-0.05, 0) is 40.9 Å². The summed E-state index contributed by atoms with van der Waals surface area (Å²) in [5, 5.41) is 3.01. The van der Waals surface area contributed by atoms with Crippen LogP contribution in [-0.2, 0) is 35.0 Å². The molecule has 0 radical (unpaired) electrons. The highest BCUT2D eigenvalue weighted by Crippen LogP contribution is 2.32. The van der Waals surface area contributed by atoms with Gasteiger partial charge in [0.15, 0.2) is 11.5 Å². The van der Waals surface area contributed by atoms with Crippen molar-refractivity contribution in [1.29, 1.82) is 0 Å². The molecular weight excluding hydrogens is 518 g/mol. The van der Waals surface area contributed by atoms with Crippen LogP contribution >= 0.6 is 0 Å². The average Bonchev–Trinajstić information content (AvgIpc) is 2.82. The van der Waals surface area contributed by atoms with E-state index < -0.39 is 30.1 Å². The van der Waals surface area contributed by atoms with Gasteiger partial charge in [0.2, 0.25) is 0 Å². The number of hydrogen-bond donors (Lipinski definition) is 1. The van der Waals surface area contributed by atoms with Gasteiger partial charge in [-0.3, -0.25) is 14.4 Å². The lowest BCUT2D eigenvalue weighted by atomic mass is 9.92. The van der Waals surface area contributed by atoms with Gasteiger partial charge in [-0.15, -0.1) is 0 Å². The highest BCUT2D eigenvalue weighted by molar-refractivity contribution is 5.78. The number of rotatable bonds is 14. The molecule has 0 saturated heterocycles. The number of carbonyl (C=O) groups is 4. The van der Waals surface area contributed by atoms with Crippen molar-refractivity contribution in [2.45, 2.75) is 87.1 Å². The van der Waals surface area contributed by atoms with Crippen molar-refractivity contribution < 1.29 is 42.9 Å². The topological polar surface area (TPSA) is 126 Å². The first-order chi connectivity index (χ1) is 18.5. The van der Waals surface area contributed by atoms with Gasteiger partial charge in [0.05, 0.1) is 26.6 Å². The van der Waals surface area contributed by atoms with E-state index in [1.165, 1.54) is 7.11 Å². The molecule has 40 heavy (non-hydrogen) atoms.